The van der Waals surface area contributed by atoms with Crippen LogP contribution in [0.4, 0.5) is 10.5 Å². The van der Waals surface area contributed by atoms with Crippen molar-refractivity contribution in [2.24, 2.45) is 5.92 Å². The fourth-order valence-electron chi connectivity index (χ4n) is 2.46. The van der Waals surface area contributed by atoms with E-state index in [9.17, 15) is 9.59 Å². The number of amides is 2. The average molecular weight is 308 g/mol. The Hall–Kier alpha value is -2.44. The van der Waals surface area contributed by atoms with Gasteiger partial charge in [0.15, 0.2) is 0 Å². The molecule has 1 saturated heterocycles. The van der Waals surface area contributed by atoms with E-state index < -0.39 is 11.9 Å². The number of methoxy groups -OCH3 is 2. The molecule has 0 radical (unpaired) electrons. The van der Waals surface area contributed by atoms with Crippen LogP contribution < -0.4 is 14.8 Å². The van der Waals surface area contributed by atoms with Crippen LogP contribution in [0.3, 0.4) is 0 Å². The maximum Gasteiger partial charge on any atom is 0.321 e. The molecule has 0 aromatic heterocycles. The lowest BCUT2D eigenvalue weighted by Crippen LogP contribution is -2.44. The normalized spacial score (nSPS) is 17.7. The predicted molar refractivity (Wildman–Crippen MR) is 80.5 cm³/mol. The highest BCUT2D eigenvalue weighted by Gasteiger charge is 2.28. The first-order valence-corrected chi connectivity index (χ1v) is 7.06. The minimum Gasteiger partial charge on any atom is -0.497 e. The third-order valence-corrected chi connectivity index (χ3v) is 3.71. The summed E-state index contributed by atoms with van der Waals surface area (Å²) in [6, 6.07) is 4.75. The van der Waals surface area contributed by atoms with Gasteiger partial charge in [0.1, 0.15) is 11.5 Å². The van der Waals surface area contributed by atoms with Gasteiger partial charge in [-0.25, -0.2) is 4.79 Å². The average Bonchev–Trinajstić information content (AvgIpc) is 2.55. The smallest absolute Gasteiger partial charge is 0.321 e. The molecule has 0 aliphatic carbocycles. The molecular formula is C15H20N2O5. The van der Waals surface area contributed by atoms with Crippen LogP contribution in [0.25, 0.3) is 0 Å². The molecule has 1 unspecified atom stereocenters. The Kier molecular flexibility index (Phi) is 5.08. The number of carboxylic acid groups (broad SMARTS) is 1. The molecule has 22 heavy (non-hydrogen) atoms. The summed E-state index contributed by atoms with van der Waals surface area (Å²) in [4.78, 5) is 24.9. The fraction of sp³-hybridized carbons (Fsp3) is 0.467. The van der Waals surface area contributed by atoms with Gasteiger partial charge in [-0.3, -0.25) is 4.79 Å². The van der Waals surface area contributed by atoms with Gasteiger partial charge in [-0.15, -0.1) is 0 Å². The Labute approximate surface area is 128 Å². The highest BCUT2D eigenvalue weighted by Crippen LogP contribution is 2.29. The quantitative estimate of drug-likeness (QED) is 0.888. The first-order valence-electron chi connectivity index (χ1n) is 7.06. The van der Waals surface area contributed by atoms with Crippen LogP contribution in [0.15, 0.2) is 18.2 Å². The number of nitrogens with zero attached hydrogens (tertiary/aromatic N) is 1. The van der Waals surface area contributed by atoms with Crippen molar-refractivity contribution >= 4 is 17.7 Å². The number of aliphatic carboxylic acids is 1. The van der Waals surface area contributed by atoms with Gasteiger partial charge in [0.2, 0.25) is 0 Å². The molecule has 1 aliphatic rings. The van der Waals surface area contributed by atoms with Gasteiger partial charge < -0.3 is 24.8 Å². The lowest BCUT2D eigenvalue weighted by Gasteiger charge is -2.30. The van der Waals surface area contributed by atoms with Crippen LogP contribution in [-0.2, 0) is 4.79 Å². The highest BCUT2D eigenvalue weighted by atomic mass is 16.5. The number of nitrogens with one attached hydrogen (secondary N) is 1. The van der Waals surface area contributed by atoms with E-state index in [4.69, 9.17) is 14.6 Å². The predicted octanol–water partition coefficient (Wildman–Crippen LogP) is 2.03. The van der Waals surface area contributed by atoms with Gasteiger partial charge in [0.05, 0.1) is 25.8 Å². The van der Waals surface area contributed by atoms with Crippen LogP contribution in [0.1, 0.15) is 12.8 Å². The van der Waals surface area contributed by atoms with E-state index >= 15 is 0 Å². The Balaban J connectivity index is 2.06. The van der Waals surface area contributed by atoms with Crippen molar-refractivity contribution in [2.45, 2.75) is 12.8 Å². The van der Waals surface area contributed by atoms with Crippen LogP contribution in [0.2, 0.25) is 0 Å². The van der Waals surface area contributed by atoms with Crippen molar-refractivity contribution in [1.29, 1.82) is 0 Å². The standard InChI is InChI=1S/C15H20N2O5/c1-21-11-5-6-12(13(8-11)22-2)16-15(20)17-7-3-4-10(9-17)14(18)19/h5-6,8,10H,3-4,7,9H2,1-2H3,(H,16,20)(H,18,19). The van der Waals surface area contributed by atoms with Crippen LogP contribution in [0, 0.1) is 5.92 Å². The topological polar surface area (TPSA) is 88.1 Å². The maximum absolute atomic E-state index is 12.3. The SMILES string of the molecule is COc1ccc(NC(=O)N2CCCC(C(=O)O)C2)c(OC)c1. The van der Waals surface area contributed by atoms with Gasteiger partial charge in [0, 0.05) is 19.2 Å². The molecule has 0 saturated carbocycles. The Morgan fingerprint density at radius 3 is 2.73 bits per heavy atom. The number of benzene rings is 1. The number of ether oxygens (including phenoxy) is 2. The monoisotopic (exact) mass is 308 g/mol. The molecule has 1 aromatic carbocycles. The van der Waals surface area contributed by atoms with Crippen molar-refractivity contribution in [1.82, 2.24) is 4.90 Å². The summed E-state index contributed by atoms with van der Waals surface area (Å²) in [5.41, 5.74) is 0.519. The summed E-state index contributed by atoms with van der Waals surface area (Å²) in [6.45, 7) is 0.772. The first kappa shape index (κ1) is 15.9. The van der Waals surface area contributed by atoms with Crippen molar-refractivity contribution in [3.05, 3.63) is 18.2 Å². The number of carbonyl (C=O) groups is 2. The van der Waals surface area contributed by atoms with Gasteiger partial charge in [-0.2, -0.15) is 0 Å². The second-order valence-corrected chi connectivity index (χ2v) is 5.12. The zero-order valence-electron chi connectivity index (χ0n) is 12.7. The summed E-state index contributed by atoms with van der Waals surface area (Å²) in [7, 11) is 3.05. The number of piperidine rings is 1. The van der Waals surface area contributed by atoms with Crippen molar-refractivity contribution < 1.29 is 24.2 Å². The van der Waals surface area contributed by atoms with E-state index in [1.54, 1.807) is 25.3 Å². The number of anilines is 1. The van der Waals surface area contributed by atoms with Crippen LogP contribution in [0.5, 0.6) is 11.5 Å². The lowest BCUT2D eigenvalue weighted by molar-refractivity contribution is -0.143. The Bertz CT molecular complexity index is 561. The summed E-state index contributed by atoms with van der Waals surface area (Å²) < 4.78 is 10.3. The molecule has 1 fully saturated rings. The second kappa shape index (κ2) is 7.02. The van der Waals surface area contributed by atoms with E-state index in [0.29, 0.717) is 36.6 Å². The number of carbonyl (C=O) groups excluding carboxylic acids is 1. The van der Waals surface area contributed by atoms with Crippen molar-refractivity contribution in [2.75, 3.05) is 32.6 Å². The number of rotatable bonds is 4. The molecule has 2 amide bonds. The van der Waals surface area contributed by atoms with Gasteiger partial charge in [-0.1, -0.05) is 0 Å². The van der Waals surface area contributed by atoms with Crippen molar-refractivity contribution in [3.63, 3.8) is 0 Å². The lowest BCUT2D eigenvalue weighted by atomic mass is 9.99. The maximum atomic E-state index is 12.3. The molecule has 1 aliphatic heterocycles. The molecular weight excluding hydrogens is 288 g/mol. The minimum atomic E-state index is -0.862. The molecule has 2 rings (SSSR count). The van der Waals surface area contributed by atoms with Crippen molar-refractivity contribution in [3.8, 4) is 11.5 Å². The third-order valence-electron chi connectivity index (χ3n) is 3.71. The molecule has 0 bridgehead atoms. The van der Waals surface area contributed by atoms with Crippen LogP contribution in [-0.4, -0.2) is 49.3 Å². The summed E-state index contributed by atoms with van der Waals surface area (Å²) in [5.74, 6) is -0.255. The Morgan fingerprint density at radius 2 is 2.09 bits per heavy atom. The minimum absolute atomic E-state index is 0.222. The molecule has 1 atom stereocenters. The fourth-order valence-corrected chi connectivity index (χ4v) is 2.46. The molecule has 1 heterocycles. The number of hydrogen-bond donors (Lipinski definition) is 2. The molecule has 1 aromatic rings. The first-order chi connectivity index (χ1) is 10.5. The summed E-state index contributed by atoms with van der Waals surface area (Å²) in [6.07, 6.45) is 1.29. The second-order valence-electron chi connectivity index (χ2n) is 5.12. The number of carboxylic acids is 1. The van der Waals surface area contributed by atoms with Gasteiger partial charge in [0.25, 0.3) is 0 Å². The summed E-state index contributed by atoms with van der Waals surface area (Å²) in [5, 5.41) is 11.8. The number of urea groups is 1. The zero-order valence-corrected chi connectivity index (χ0v) is 12.7. The zero-order chi connectivity index (χ0) is 16.1. The van der Waals surface area contributed by atoms with E-state index in [2.05, 4.69) is 5.32 Å². The number of hydrogen-bond acceptors (Lipinski definition) is 4. The van der Waals surface area contributed by atoms with E-state index in [1.807, 2.05) is 0 Å². The Morgan fingerprint density at radius 1 is 1.32 bits per heavy atom. The molecule has 0 spiro atoms. The molecule has 2 N–H and O–H groups in total. The summed E-state index contributed by atoms with van der Waals surface area (Å²) >= 11 is 0. The van der Waals surface area contributed by atoms with Crippen LogP contribution >= 0.6 is 0 Å². The van der Waals surface area contributed by atoms with E-state index in [0.717, 1.165) is 0 Å². The highest BCUT2D eigenvalue weighted by molar-refractivity contribution is 5.91. The van der Waals surface area contributed by atoms with Gasteiger partial charge >= 0.3 is 12.0 Å². The van der Waals surface area contributed by atoms with Gasteiger partial charge in [-0.05, 0) is 25.0 Å². The molecule has 120 valence electrons. The van der Waals surface area contributed by atoms with E-state index in [-0.39, 0.29) is 12.6 Å². The van der Waals surface area contributed by atoms with E-state index in [1.165, 1.54) is 12.0 Å². The number of likely N-dealkylation sites (tertiary alicyclic amines) is 1. The third kappa shape index (κ3) is 3.60. The molecule has 7 nitrogen and oxygen atoms in total. The molecule has 7 heteroatoms. The largest absolute Gasteiger partial charge is 0.497 e.